The van der Waals surface area contributed by atoms with E-state index in [4.69, 9.17) is 21.7 Å². The molecule has 0 spiro atoms. The minimum absolute atomic E-state index is 0.162. The van der Waals surface area contributed by atoms with Gasteiger partial charge in [-0.05, 0) is 73.4 Å². The van der Waals surface area contributed by atoms with Gasteiger partial charge in [-0.1, -0.05) is 67.3 Å². The lowest BCUT2D eigenvalue weighted by Crippen LogP contribution is -2.27. The van der Waals surface area contributed by atoms with Gasteiger partial charge in [0.15, 0.2) is 22.4 Å². The number of carbonyl (C=O) groups is 2. The normalized spacial score (nSPS) is 14.2. The number of ether oxygens (including phenoxy) is 2. The van der Waals surface area contributed by atoms with E-state index in [-0.39, 0.29) is 18.4 Å². The van der Waals surface area contributed by atoms with Crippen LogP contribution < -0.4 is 19.7 Å². The molecule has 8 heteroatoms. The van der Waals surface area contributed by atoms with Crippen molar-refractivity contribution in [3.63, 3.8) is 0 Å². The molecule has 1 aliphatic heterocycles. The fourth-order valence-corrected chi connectivity index (χ4v) is 5.07. The Hall–Kier alpha value is -3.62. The van der Waals surface area contributed by atoms with Gasteiger partial charge in [0.05, 0.1) is 17.2 Å². The van der Waals surface area contributed by atoms with Gasteiger partial charge in [-0.15, -0.1) is 0 Å². The molecule has 0 radical (unpaired) electrons. The highest BCUT2D eigenvalue weighted by Crippen LogP contribution is 2.37. The van der Waals surface area contributed by atoms with Gasteiger partial charge in [0.2, 0.25) is 0 Å². The van der Waals surface area contributed by atoms with E-state index in [2.05, 4.69) is 12.2 Å². The van der Waals surface area contributed by atoms with E-state index < -0.39 is 0 Å². The predicted octanol–water partition coefficient (Wildman–Crippen LogP) is 6.38. The minimum atomic E-state index is -0.267. The topological polar surface area (TPSA) is 67.9 Å². The van der Waals surface area contributed by atoms with Crippen LogP contribution in [0, 0.1) is 6.92 Å². The number of rotatable bonds is 9. The van der Waals surface area contributed by atoms with Crippen LogP contribution in [0.1, 0.15) is 30.5 Å². The van der Waals surface area contributed by atoms with Crippen LogP contribution in [0.4, 0.5) is 11.4 Å². The molecule has 0 atom stereocenters. The molecule has 0 saturated carbocycles. The van der Waals surface area contributed by atoms with E-state index >= 15 is 0 Å². The molecule has 0 unspecified atom stereocenters. The van der Waals surface area contributed by atoms with Gasteiger partial charge < -0.3 is 14.8 Å². The summed E-state index contributed by atoms with van der Waals surface area (Å²) in [6, 6.07) is 20.8. The van der Waals surface area contributed by atoms with Gasteiger partial charge in [-0.2, -0.15) is 0 Å². The number of aryl methyl sites for hydroxylation is 2. The third-order valence-corrected chi connectivity index (χ3v) is 7.04. The molecular formula is C29H28N2O4S2. The number of thiocarbonyl (C=S) groups is 1. The zero-order valence-electron chi connectivity index (χ0n) is 20.9. The number of nitrogens with one attached hydrogen (secondary N) is 1. The minimum Gasteiger partial charge on any atom is -0.490 e. The molecular weight excluding hydrogens is 504 g/mol. The Kier molecular flexibility index (Phi) is 8.63. The number of para-hydroxylation sites is 1. The van der Waals surface area contributed by atoms with Crippen molar-refractivity contribution < 1.29 is 19.1 Å². The second-order valence-electron chi connectivity index (χ2n) is 8.33. The maximum absolute atomic E-state index is 13.2. The summed E-state index contributed by atoms with van der Waals surface area (Å²) in [6.07, 6.45) is 2.72. The lowest BCUT2D eigenvalue weighted by atomic mass is 10.1. The number of amides is 2. The van der Waals surface area contributed by atoms with E-state index in [0.717, 1.165) is 28.9 Å². The zero-order valence-corrected chi connectivity index (χ0v) is 22.6. The average molecular weight is 533 g/mol. The van der Waals surface area contributed by atoms with Crippen molar-refractivity contribution in [2.45, 2.75) is 27.2 Å². The van der Waals surface area contributed by atoms with Crippen LogP contribution in [-0.4, -0.2) is 29.3 Å². The molecule has 0 bridgehead atoms. The first kappa shape index (κ1) is 26.4. The van der Waals surface area contributed by atoms with Gasteiger partial charge in [0.1, 0.15) is 0 Å². The van der Waals surface area contributed by atoms with E-state index in [9.17, 15) is 9.59 Å². The number of hydrogen-bond acceptors (Lipinski definition) is 6. The predicted molar refractivity (Wildman–Crippen MR) is 154 cm³/mol. The lowest BCUT2D eigenvalue weighted by molar-refractivity contribution is -0.118. The molecule has 190 valence electrons. The summed E-state index contributed by atoms with van der Waals surface area (Å²) in [7, 11) is 0. The van der Waals surface area contributed by atoms with Gasteiger partial charge >= 0.3 is 0 Å². The van der Waals surface area contributed by atoms with E-state index in [1.54, 1.807) is 23.1 Å². The molecule has 1 fully saturated rings. The SMILES string of the molecule is CCOc1cc(/C=C2\SC(=S)N(c3ccc(CC)cc3)C2=O)ccc1OCC(=O)Nc1ccccc1C. The smallest absolute Gasteiger partial charge is 0.270 e. The average Bonchev–Trinajstić information content (AvgIpc) is 3.17. The highest BCUT2D eigenvalue weighted by atomic mass is 32.2. The second kappa shape index (κ2) is 12.1. The molecule has 0 aliphatic carbocycles. The van der Waals surface area contributed by atoms with Crippen LogP contribution in [-0.2, 0) is 16.0 Å². The van der Waals surface area contributed by atoms with Crippen LogP contribution >= 0.6 is 24.0 Å². The molecule has 1 N–H and O–H groups in total. The maximum atomic E-state index is 13.2. The second-order valence-corrected chi connectivity index (χ2v) is 10.0. The molecule has 3 aromatic rings. The Labute approximate surface area is 226 Å². The van der Waals surface area contributed by atoms with E-state index in [1.807, 2.05) is 68.4 Å². The van der Waals surface area contributed by atoms with Gasteiger partial charge in [-0.25, -0.2) is 0 Å². The van der Waals surface area contributed by atoms with Gasteiger partial charge in [-0.3, -0.25) is 14.5 Å². The van der Waals surface area contributed by atoms with E-state index in [1.165, 1.54) is 17.3 Å². The number of nitrogens with zero attached hydrogens (tertiary/aromatic N) is 1. The summed E-state index contributed by atoms with van der Waals surface area (Å²) in [5, 5.41) is 2.85. The highest BCUT2D eigenvalue weighted by molar-refractivity contribution is 8.27. The quantitative estimate of drug-likeness (QED) is 0.255. The molecule has 1 heterocycles. The number of anilines is 2. The summed E-state index contributed by atoms with van der Waals surface area (Å²) in [5.74, 6) is 0.509. The summed E-state index contributed by atoms with van der Waals surface area (Å²) < 4.78 is 12.0. The maximum Gasteiger partial charge on any atom is 0.270 e. The molecule has 4 rings (SSSR count). The van der Waals surface area contributed by atoms with Crippen molar-refractivity contribution in [1.82, 2.24) is 0 Å². The Balaban J connectivity index is 1.47. The summed E-state index contributed by atoms with van der Waals surface area (Å²) in [6.45, 7) is 6.15. The fourth-order valence-electron chi connectivity index (χ4n) is 3.77. The van der Waals surface area contributed by atoms with E-state index in [0.29, 0.717) is 27.3 Å². The standard InChI is InChI=1S/C29H28N2O4S2/c1-4-20-10-13-22(14-11-20)31-28(33)26(37-29(31)36)17-21-12-15-24(25(16-21)34-5-2)35-18-27(32)30-23-9-7-6-8-19(23)3/h6-17H,4-5,18H2,1-3H3,(H,30,32)/b26-17-. The summed E-state index contributed by atoms with van der Waals surface area (Å²) >= 11 is 6.77. The molecule has 6 nitrogen and oxygen atoms in total. The molecule has 0 aromatic heterocycles. The number of benzene rings is 3. The lowest BCUT2D eigenvalue weighted by Gasteiger charge is -2.15. The van der Waals surface area contributed by atoms with Crippen LogP contribution in [0.25, 0.3) is 6.08 Å². The van der Waals surface area contributed by atoms with Crippen LogP contribution in [0.2, 0.25) is 0 Å². The third kappa shape index (κ3) is 6.39. The molecule has 1 saturated heterocycles. The Morgan fingerprint density at radius 1 is 1.03 bits per heavy atom. The first-order chi connectivity index (χ1) is 17.9. The fraction of sp³-hybridized carbons (Fsp3) is 0.207. The number of hydrogen-bond donors (Lipinski definition) is 1. The molecule has 2 amide bonds. The Bertz CT molecular complexity index is 1350. The van der Waals surface area contributed by atoms with Crippen molar-refractivity contribution in [1.29, 1.82) is 0 Å². The Morgan fingerprint density at radius 2 is 1.78 bits per heavy atom. The summed E-state index contributed by atoms with van der Waals surface area (Å²) in [4.78, 5) is 27.6. The first-order valence-corrected chi connectivity index (χ1v) is 13.2. The van der Waals surface area contributed by atoms with Crippen molar-refractivity contribution in [2.75, 3.05) is 23.4 Å². The zero-order chi connectivity index (χ0) is 26.4. The van der Waals surface area contributed by atoms with Crippen molar-refractivity contribution >= 4 is 57.6 Å². The van der Waals surface area contributed by atoms with Crippen molar-refractivity contribution in [3.8, 4) is 11.5 Å². The third-order valence-electron chi connectivity index (χ3n) is 5.74. The van der Waals surface area contributed by atoms with Crippen molar-refractivity contribution in [2.24, 2.45) is 0 Å². The van der Waals surface area contributed by atoms with Crippen LogP contribution in [0.5, 0.6) is 11.5 Å². The first-order valence-electron chi connectivity index (χ1n) is 12.0. The number of carbonyl (C=O) groups excluding carboxylic acids is 2. The molecule has 37 heavy (non-hydrogen) atoms. The van der Waals surface area contributed by atoms with Crippen molar-refractivity contribution in [3.05, 3.63) is 88.3 Å². The molecule has 3 aromatic carbocycles. The van der Waals surface area contributed by atoms with Gasteiger partial charge in [0.25, 0.3) is 11.8 Å². The largest absolute Gasteiger partial charge is 0.490 e. The van der Waals surface area contributed by atoms with Gasteiger partial charge in [0, 0.05) is 5.69 Å². The Morgan fingerprint density at radius 3 is 2.49 bits per heavy atom. The molecule has 1 aliphatic rings. The summed E-state index contributed by atoms with van der Waals surface area (Å²) in [5.41, 5.74) is 4.43. The van der Waals surface area contributed by atoms with Crippen LogP contribution in [0.3, 0.4) is 0 Å². The number of thioether (sulfide) groups is 1. The monoisotopic (exact) mass is 532 g/mol. The van der Waals surface area contributed by atoms with Crippen LogP contribution in [0.15, 0.2) is 71.6 Å². The highest BCUT2D eigenvalue weighted by Gasteiger charge is 2.33.